The van der Waals surface area contributed by atoms with Crippen LogP contribution in [0.15, 0.2) is 18.3 Å². The molecule has 1 heterocycles. The Bertz CT molecular complexity index is 378. The van der Waals surface area contributed by atoms with Gasteiger partial charge in [0.05, 0.1) is 5.02 Å². The number of rotatable bonds is 5. The lowest BCUT2D eigenvalue weighted by molar-refractivity contribution is -0.305. The highest BCUT2D eigenvalue weighted by Crippen LogP contribution is 2.10. The standard InChI is InChI=1S/C10H11ClN2O3/c11-7-4-5-8(12-6-7)13-9(14)2-1-3-10(15)16/h4-6H,1-3H2,(H,15,16)(H,12,13,14)/p-1. The highest BCUT2D eigenvalue weighted by Gasteiger charge is 2.02. The maximum atomic E-state index is 11.3. The zero-order valence-corrected chi connectivity index (χ0v) is 9.16. The number of hydrogen-bond donors (Lipinski definition) is 1. The molecule has 0 fully saturated rings. The van der Waals surface area contributed by atoms with Gasteiger partial charge in [-0.3, -0.25) is 4.79 Å². The molecule has 0 saturated carbocycles. The van der Waals surface area contributed by atoms with Gasteiger partial charge in [0.15, 0.2) is 0 Å². The molecule has 1 aromatic heterocycles. The number of anilines is 1. The first-order valence-corrected chi connectivity index (χ1v) is 5.07. The van der Waals surface area contributed by atoms with Crippen LogP contribution in [0.25, 0.3) is 0 Å². The van der Waals surface area contributed by atoms with Crippen LogP contribution in [0, 0.1) is 0 Å². The molecule has 0 unspecified atom stereocenters. The molecule has 1 aromatic rings. The van der Waals surface area contributed by atoms with E-state index in [1.54, 1.807) is 12.1 Å². The molecular weight excluding hydrogens is 232 g/mol. The van der Waals surface area contributed by atoms with E-state index in [-0.39, 0.29) is 25.2 Å². The summed E-state index contributed by atoms with van der Waals surface area (Å²) in [6.45, 7) is 0. The van der Waals surface area contributed by atoms with Crippen LogP contribution < -0.4 is 10.4 Å². The summed E-state index contributed by atoms with van der Waals surface area (Å²) in [5, 5.41) is 13.1. The topological polar surface area (TPSA) is 82.1 Å². The van der Waals surface area contributed by atoms with Crippen LogP contribution in [0.3, 0.4) is 0 Å². The lowest BCUT2D eigenvalue weighted by Gasteiger charge is -2.04. The molecule has 0 spiro atoms. The number of hydrogen-bond acceptors (Lipinski definition) is 4. The maximum absolute atomic E-state index is 11.3. The van der Waals surface area contributed by atoms with Crippen molar-refractivity contribution in [2.24, 2.45) is 0 Å². The van der Waals surface area contributed by atoms with Gasteiger partial charge in [-0.15, -0.1) is 0 Å². The predicted molar refractivity (Wildman–Crippen MR) is 56.7 cm³/mol. The summed E-state index contributed by atoms with van der Waals surface area (Å²) in [7, 11) is 0. The molecule has 16 heavy (non-hydrogen) atoms. The molecule has 6 heteroatoms. The van der Waals surface area contributed by atoms with Gasteiger partial charge in [-0.25, -0.2) is 4.98 Å². The summed E-state index contributed by atoms with van der Waals surface area (Å²) in [5.74, 6) is -1.05. The first kappa shape index (κ1) is 12.4. The minimum absolute atomic E-state index is 0.123. The summed E-state index contributed by atoms with van der Waals surface area (Å²) in [4.78, 5) is 25.3. The number of carbonyl (C=O) groups excluding carboxylic acids is 2. The van der Waals surface area contributed by atoms with Crippen LogP contribution in [0.1, 0.15) is 19.3 Å². The van der Waals surface area contributed by atoms with Crippen LogP contribution in [0.5, 0.6) is 0 Å². The smallest absolute Gasteiger partial charge is 0.225 e. The lowest BCUT2D eigenvalue weighted by Crippen LogP contribution is -2.22. The van der Waals surface area contributed by atoms with E-state index in [4.69, 9.17) is 11.6 Å². The van der Waals surface area contributed by atoms with Crippen LogP contribution in [-0.4, -0.2) is 16.9 Å². The van der Waals surface area contributed by atoms with Crippen LogP contribution >= 0.6 is 11.6 Å². The second-order valence-electron chi connectivity index (χ2n) is 3.14. The molecule has 0 aliphatic carbocycles. The van der Waals surface area contributed by atoms with Gasteiger partial charge >= 0.3 is 0 Å². The van der Waals surface area contributed by atoms with Crippen LogP contribution in [0.4, 0.5) is 5.82 Å². The van der Waals surface area contributed by atoms with Crippen molar-refractivity contribution in [1.29, 1.82) is 0 Å². The number of carbonyl (C=O) groups is 2. The van der Waals surface area contributed by atoms with Gasteiger partial charge in [0.1, 0.15) is 5.82 Å². The largest absolute Gasteiger partial charge is 0.550 e. The van der Waals surface area contributed by atoms with Crippen molar-refractivity contribution in [1.82, 2.24) is 4.98 Å². The lowest BCUT2D eigenvalue weighted by atomic mass is 10.2. The van der Waals surface area contributed by atoms with Crippen molar-refractivity contribution in [3.05, 3.63) is 23.4 Å². The summed E-state index contributed by atoms with van der Waals surface area (Å²) in [6, 6.07) is 3.17. The summed E-state index contributed by atoms with van der Waals surface area (Å²) in [6.07, 6.45) is 1.67. The van der Waals surface area contributed by atoms with Gasteiger partial charge in [0.25, 0.3) is 0 Å². The molecule has 0 bridgehead atoms. The Morgan fingerprint density at radius 1 is 1.38 bits per heavy atom. The Hall–Kier alpha value is -1.62. The van der Waals surface area contributed by atoms with Gasteiger partial charge in [0.2, 0.25) is 5.91 Å². The van der Waals surface area contributed by atoms with Gasteiger partial charge in [-0.05, 0) is 25.0 Å². The third kappa shape index (κ3) is 4.75. The fourth-order valence-corrected chi connectivity index (χ4v) is 1.16. The Labute approximate surface area is 97.4 Å². The molecule has 0 aliphatic rings. The summed E-state index contributed by atoms with van der Waals surface area (Å²) in [5.41, 5.74) is 0. The average molecular weight is 242 g/mol. The SMILES string of the molecule is O=C([O-])CCCC(=O)Nc1ccc(Cl)cn1. The maximum Gasteiger partial charge on any atom is 0.225 e. The van der Waals surface area contributed by atoms with E-state index in [0.717, 1.165) is 0 Å². The number of pyridine rings is 1. The van der Waals surface area contributed by atoms with E-state index < -0.39 is 5.97 Å². The number of carboxylic acids is 1. The van der Waals surface area contributed by atoms with E-state index in [2.05, 4.69) is 10.3 Å². The van der Waals surface area contributed by atoms with E-state index in [1.807, 2.05) is 0 Å². The molecule has 0 aliphatic heterocycles. The molecule has 5 nitrogen and oxygen atoms in total. The van der Waals surface area contributed by atoms with E-state index in [9.17, 15) is 14.7 Å². The van der Waals surface area contributed by atoms with Crippen molar-refractivity contribution in [3.63, 3.8) is 0 Å². The number of aromatic nitrogens is 1. The van der Waals surface area contributed by atoms with Crippen molar-refractivity contribution < 1.29 is 14.7 Å². The van der Waals surface area contributed by atoms with Gasteiger partial charge < -0.3 is 15.2 Å². The van der Waals surface area contributed by atoms with E-state index in [1.165, 1.54) is 6.20 Å². The molecule has 0 aromatic carbocycles. The third-order valence-corrected chi connectivity index (χ3v) is 2.00. The van der Waals surface area contributed by atoms with Crippen molar-refractivity contribution in [3.8, 4) is 0 Å². The molecule has 1 rings (SSSR count). The van der Waals surface area contributed by atoms with E-state index in [0.29, 0.717) is 10.8 Å². The van der Waals surface area contributed by atoms with E-state index >= 15 is 0 Å². The number of nitrogens with zero attached hydrogens (tertiary/aromatic N) is 1. The van der Waals surface area contributed by atoms with Gasteiger partial charge in [-0.1, -0.05) is 11.6 Å². The Morgan fingerprint density at radius 3 is 2.69 bits per heavy atom. The summed E-state index contributed by atoms with van der Waals surface area (Å²) < 4.78 is 0. The first-order chi connectivity index (χ1) is 7.58. The number of nitrogens with one attached hydrogen (secondary N) is 1. The zero-order valence-electron chi connectivity index (χ0n) is 8.40. The predicted octanol–water partition coefficient (Wildman–Crippen LogP) is 0.594. The van der Waals surface area contributed by atoms with Gasteiger partial charge in [0, 0.05) is 18.6 Å². The zero-order chi connectivity index (χ0) is 12.0. The second-order valence-corrected chi connectivity index (χ2v) is 3.57. The average Bonchev–Trinajstić information content (AvgIpc) is 2.21. The summed E-state index contributed by atoms with van der Waals surface area (Å²) >= 11 is 5.62. The van der Waals surface area contributed by atoms with Gasteiger partial charge in [-0.2, -0.15) is 0 Å². The third-order valence-electron chi connectivity index (χ3n) is 1.78. The number of carboxylic acid groups (broad SMARTS) is 1. The second kappa shape index (κ2) is 6.07. The van der Waals surface area contributed by atoms with Crippen molar-refractivity contribution in [2.45, 2.75) is 19.3 Å². The Morgan fingerprint density at radius 2 is 2.12 bits per heavy atom. The molecule has 86 valence electrons. The number of halogens is 1. The highest BCUT2D eigenvalue weighted by atomic mass is 35.5. The van der Waals surface area contributed by atoms with Crippen molar-refractivity contribution >= 4 is 29.3 Å². The minimum atomic E-state index is -1.16. The first-order valence-electron chi connectivity index (χ1n) is 4.69. The van der Waals surface area contributed by atoms with Crippen LogP contribution in [0.2, 0.25) is 5.02 Å². The molecule has 1 N–H and O–H groups in total. The van der Waals surface area contributed by atoms with Crippen molar-refractivity contribution in [2.75, 3.05) is 5.32 Å². The Kier molecular flexibility index (Phi) is 4.72. The molecule has 1 amide bonds. The molecule has 0 radical (unpaired) electrons. The highest BCUT2D eigenvalue weighted by molar-refractivity contribution is 6.30. The fourth-order valence-electron chi connectivity index (χ4n) is 1.05. The molecular formula is C10H10ClN2O3-. The quantitative estimate of drug-likeness (QED) is 0.818. The Balaban J connectivity index is 2.34. The molecule has 0 saturated heterocycles. The minimum Gasteiger partial charge on any atom is -0.550 e. The van der Waals surface area contributed by atoms with Crippen LogP contribution in [-0.2, 0) is 9.59 Å². The number of amides is 1. The normalized spacial score (nSPS) is 9.81. The monoisotopic (exact) mass is 241 g/mol. The number of aliphatic carboxylic acids is 1. The molecule has 0 atom stereocenters. The fraction of sp³-hybridized carbons (Fsp3) is 0.300.